The lowest BCUT2D eigenvalue weighted by Gasteiger charge is -2.13. The van der Waals surface area contributed by atoms with Crippen molar-refractivity contribution in [3.8, 4) is 0 Å². The molecule has 2 N–H and O–H groups in total. The van der Waals surface area contributed by atoms with Crippen molar-refractivity contribution >= 4 is 18.3 Å². The van der Waals surface area contributed by atoms with E-state index in [9.17, 15) is 13.6 Å². The van der Waals surface area contributed by atoms with E-state index in [-0.39, 0.29) is 24.4 Å². The number of aryl methyl sites for hydroxylation is 1. The van der Waals surface area contributed by atoms with Crippen LogP contribution in [-0.2, 0) is 11.2 Å². The summed E-state index contributed by atoms with van der Waals surface area (Å²) in [7, 11) is 0. The fourth-order valence-corrected chi connectivity index (χ4v) is 1.92. The van der Waals surface area contributed by atoms with Gasteiger partial charge in [-0.25, -0.2) is 8.78 Å². The van der Waals surface area contributed by atoms with E-state index in [4.69, 9.17) is 0 Å². The molecule has 1 aromatic rings. The summed E-state index contributed by atoms with van der Waals surface area (Å²) in [6, 6.07) is 4.09. The number of carbonyl (C=O) groups is 1. The molecule has 0 aliphatic rings. The average Bonchev–Trinajstić information content (AvgIpc) is 2.41. The Bertz CT molecular complexity index is 444. The SMILES string of the molecule is CCN[C@H](C)CNC(=O)CCCc1ccc(F)c(F)c1.Cl. The van der Waals surface area contributed by atoms with E-state index in [1.54, 1.807) is 6.07 Å². The van der Waals surface area contributed by atoms with Gasteiger partial charge in [-0.3, -0.25) is 4.79 Å². The lowest BCUT2D eigenvalue weighted by molar-refractivity contribution is -0.121. The molecule has 3 nitrogen and oxygen atoms in total. The maximum absolute atomic E-state index is 13.0. The molecule has 0 unspecified atom stereocenters. The van der Waals surface area contributed by atoms with Crippen LogP contribution < -0.4 is 10.6 Å². The highest BCUT2D eigenvalue weighted by atomic mass is 35.5. The molecule has 120 valence electrons. The Labute approximate surface area is 130 Å². The smallest absolute Gasteiger partial charge is 0.220 e. The van der Waals surface area contributed by atoms with Crippen molar-refractivity contribution in [1.29, 1.82) is 0 Å². The number of amides is 1. The van der Waals surface area contributed by atoms with Crippen molar-refractivity contribution in [3.05, 3.63) is 35.4 Å². The molecular weight excluding hydrogens is 298 g/mol. The van der Waals surface area contributed by atoms with Crippen LogP contribution in [0.3, 0.4) is 0 Å². The fourth-order valence-electron chi connectivity index (χ4n) is 1.92. The molecule has 1 atom stereocenters. The minimum atomic E-state index is -0.844. The van der Waals surface area contributed by atoms with Gasteiger partial charge in [0.15, 0.2) is 11.6 Å². The van der Waals surface area contributed by atoms with Gasteiger partial charge in [0.2, 0.25) is 5.91 Å². The van der Waals surface area contributed by atoms with Gasteiger partial charge in [0.05, 0.1) is 0 Å². The number of halogens is 3. The van der Waals surface area contributed by atoms with Gasteiger partial charge in [-0.2, -0.15) is 0 Å². The Morgan fingerprint density at radius 1 is 1.29 bits per heavy atom. The third-order valence-corrected chi connectivity index (χ3v) is 3.01. The summed E-state index contributed by atoms with van der Waals surface area (Å²) >= 11 is 0. The molecule has 1 amide bonds. The number of rotatable bonds is 8. The standard InChI is InChI=1S/C15H22F2N2O.ClH/c1-3-18-11(2)10-19-15(20)6-4-5-12-7-8-13(16)14(17)9-12;/h7-9,11,18H,3-6,10H2,1-2H3,(H,19,20);1H/t11-;/m1./s1. The van der Waals surface area contributed by atoms with E-state index in [0.29, 0.717) is 31.4 Å². The Balaban J connectivity index is 0.00000400. The van der Waals surface area contributed by atoms with Gasteiger partial charge < -0.3 is 10.6 Å². The molecule has 21 heavy (non-hydrogen) atoms. The highest BCUT2D eigenvalue weighted by Crippen LogP contribution is 2.11. The molecule has 0 aromatic heterocycles. The van der Waals surface area contributed by atoms with E-state index in [2.05, 4.69) is 10.6 Å². The summed E-state index contributed by atoms with van der Waals surface area (Å²) in [6.45, 7) is 5.48. The molecule has 0 bridgehead atoms. The summed E-state index contributed by atoms with van der Waals surface area (Å²) in [4.78, 5) is 11.6. The van der Waals surface area contributed by atoms with Crippen LogP contribution in [-0.4, -0.2) is 25.0 Å². The maximum atomic E-state index is 13.0. The minimum absolute atomic E-state index is 0. The molecule has 1 rings (SSSR count). The van der Waals surface area contributed by atoms with E-state index in [1.165, 1.54) is 6.07 Å². The molecule has 0 spiro atoms. The molecule has 0 saturated heterocycles. The molecule has 0 heterocycles. The zero-order valence-electron chi connectivity index (χ0n) is 12.4. The Morgan fingerprint density at radius 3 is 2.62 bits per heavy atom. The molecule has 1 aromatic carbocycles. The van der Waals surface area contributed by atoms with Crippen LogP contribution in [0.15, 0.2) is 18.2 Å². The number of hydrogen-bond acceptors (Lipinski definition) is 2. The maximum Gasteiger partial charge on any atom is 0.220 e. The quantitative estimate of drug-likeness (QED) is 0.773. The Morgan fingerprint density at radius 2 is 2.00 bits per heavy atom. The normalized spacial score (nSPS) is 11.6. The van der Waals surface area contributed by atoms with E-state index < -0.39 is 11.6 Å². The summed E-state index contributed by atoms with van der Waals surface area (Å²) < 4.78 is 25.7. The predicted octanol–water partition coefficient (Wildman–Crippen LogP) is 2.82. The lowest BCUT2D eigenvalue weighted by atomic mass is 10.1. The van der Waals surface area contributed by atoms with Gasteiger partial charge in [-0.15, -0.1) is 12.4 Å². The van der Waals surface area contributed by atoms with Crippen LogP contribution >= 0.6 is 12.4 Å². The molecule has 6 heteroatoms. The van der Waals surface area contributed by atoms with Gasteiger partial charge in [-0.1, -0.05) is 13.0 Å². The van der Waals surface area contributed by atoms with Crippen LogP contribution in [0.4, 0.5) is 8.78 Å². The second-order valence-corrected chi connectivity index (χ2v) is 4.86. The Hall–Kier alpha value is -1.20. The van der Waals surface area contributed by atoms with E-state index >= 15 is 0 Å². The first-order valence-corrected chi connectivity index (χ1v) is 6.97. The predicted molar refractivity (Wildman–Crippen MR) is 82.7 cm³/mol. The molecule has 0 saturated carbocycles. The van der Waals surface area contributed by atoms with Gasteiger partial charge in [-0.05, 0) is 44.0 Å². The van der Waals surface area contributed by atoms with E-state index in [0.717, 1.165) is 12.6 Å². The van der Waals surface area contributed by atoms with Crippen molar-refractivity contribution in [2.24, 2.45) is 0 Å². The van der Waals surface area contributed by atoms with Crippen molar-refractivity contribution in [2.45, 2.75) is 39.2 Å². The summed E-state index contributed by atoms with van der Waals surface area (Å²) in [5, 5.41) is 6.04. The second kappa shape index (κ2) is 10.5. The van der Waals surface area contributed by atoms with Gasteiger partial charge in [0.25, 0.3) is 0 Å². The summed E-state index contributed by atoms with van der Waals surface area (Å²) in [6.07, 6.45) is 1.57. The number of nitrogens with one attached hydrogen (secondary N) is 2. The van der Waals surface area contributed by atoms with E-state index in [1.807, 2.05) is 13.8 Å². The molecular formula is C15H23ClF2N2O. The van der Waals surface area contributed by atoms with Crippen molar-refractivity contribution < 1.29 is 13.6 Å². The van der Waals surface area contributed by atoms with Crippen LogP contribution in [0.2, 0.25) is 0 Å². The second-order valence-electron chi connectivity index (χ2n) is 4.86. The van der Waals surface area contributed by atoms with Gasteiger partial charge in [0.1, 0.15) is 0 Å². The molecule has 0 aliphatic carbocycles. The molecule has 0 aliphatic heterocycles. The monoisotopic (exact) mass is 320 g/mol. The zero-order valence-corrected chi connectivity index (χ0v) is 13.2. The first kappa shape index (κ1) is 19.8. The van der Waals surface area contributed by atoms with Crippen molar-refractivity contribution in [1.82, 2.24) is 10.6 Å². The average molecular weight is 321 g/mol. The minimum Gasteiger partial charge on any atom is -0.355 e. The zero-order chi connectivity index (χ0) is 15.0. The lowest BCUT2D eigenvalue weighted by Crippen LogP contribution is -2.38. The largest absolute Gasteiger partial charge is 0.355 e. The summed E-state index contributed by atoms with van der Waals surface area (Å²) in [5.41, 5.74) is 0.706. The number of likely N-dealkylation sites (N-methyl/N-ethyl adjacent to an activating group) is 1. The van der Waals surface area contributed by atoms with Gasteiger partial charge >= 0.3 is 0 Å². The van der Waals surface area contributed by atoms with Crippen molar-refractivity contribution in [2.75, 3.05) is 13.1 Å². The number of benzene rings is 1. The van der Waals surface area contributed by atoms with Crippen LogP contribution in [0.25, 0.3) is 0 Å². The van der Waals surface area contributed by atoms with Gasteiger partial charge in [0, 0.05) is 19.0 Å². The third kappa shape index (κ3) is 7.97. The highest BCUT2D eigenvalue weighted by molar-refractivity contribution is 5.85. The summed E-state index contributed by atoms with van der Waals surface area (Å²) in [5.74, 6) is -1.70. The van der Waals surface area contributed by atoms with Crippen LogP contribution in [0, 0.1) is 11.6 Å². The van der Waals surface area contributed by atoms with Crippen LogP contribution in [0.1, 0.15) is 32.3 Å². The van der Waals surface area contributed by atoms with Crippen LogP contribution in [0.5, 0.6) is 0 Å². The molecule has 0 radical (unpaired) electrons. The fraction of sp³-hybridized carbons (Fsp3) is 0.533. The number of carbonyl (C=O) groups excluding carboxylic acids is 1. The topological polar surface area (TPSA) is 41.1 Å². The third-order valence-electron chi connectivity index (χ3n) is 3.01. The first-order chi connectivity index (χ1) is 9.52. The number of hydrogen-bond donors (Lipinski definition) is 2. The highest BCUT2D eigenvalue weighted by Gasteiger charge is 2.06. The van der Waals surface area contributed by atoms with Crippen molar-refractivity contribution in [3.63, 3.8) is 0 Å². The molecule has 0 fully saturated rings. The first-order valence-electron chi connectivity index (χ1n) is 6.97. The Kier molecular flexibility index (Phi) is 9.91.